The Morgan fingerprint density at radius 2 is 2.06 bits per heavy atom. The second-order valence-electron chi connectivity index (χ2n) is 4.10. The number of nitrogens with one attached hydrogen (secondary N) is 1. The molecule has 5 heteroatoms. The molecule has 0 aromatic heterocycles. The molecule has 0 fully saturated rings. The molecule has 94 valence electrons. The number of alkyl halides is 1. The molecule has 0 spiro atoms. The van der Waals surface area contributed by atoms with Crippen molar-refractivity contribution in [1.29, 1.82) is 0 Å². The van der Waals surface area contributed by atoms with Gasteiger partial charge in [0, 0.05) is 18.2 Å². The van der Waals surface area contributed by atoms with E-state index in [0.717, 1.165) is 6.07 Å². The van der Waals surface area contributed by atoms with Crippen LogP contribution in [0.2, 0.25) is 0 Å². The predicted molar refractivity (Wildman–Crippen MR) is 65.8 cm³/mol. The number of hydrogen-bond donors (Lipinski definition) is 1. The van der Waals surface area contributed by atoms with Gasteiger partial charge in [-0.3, -0.25) is 4.79 Å². The van der Waals surface area contributed by atoms with Crippen LogP contribution in [-0.2, 0) is 11.3 Å². The second kappa shape index (κ2) is 6.10. The van der Waals surface area contributed by atoms with Gasteiger partial charge in [0.15, 0.2) is 0 Å². The van der Waals surface area contributed by atoms with Gasteiger partial charge < -0.3 is 5.32 Å². The van der Waals surface area contributed by atoms with E-state index in [1.807, 2.05) is 13.8 Å². The summed E-state index contributed by atoms with van der Waals surface area (Å²) in [4.78, 5) is 11.3. The molecule has 1 N–H and O–H groups in total. The Labute approximate surface area is 108 Å². The summed E-state index contributed by atoms with van der Waals surface area (Å²) < 4.78 is 25.9. The smallest absolute Gasteiger partial charge is 0.234 e. The van der Waals surface area contributed by atoms with E-state index in [0.29, 0.717) is 0 Å². The molecule has 0 heterocycles. The van der Waals surface area contributed by atoms with E-state index < -0.39 is 11.6 Å². The zero-order chi connectivity index (χ0) is 13.0. The molecule has 1 unspecified atom stereocenters. The van der Waals surface area contributed by atoms with E-state index in [1.165, 1.54) is 12.1 Å². The highest BCUT2D eigenvalue weighted by Crippen LogP contribution is 2.13. The molecule has 1 atom stereocenters. The molecule has 1 amide bonds. The van der Waals surface area contributed by atoms with E-state index in [1.54, 1.807) is 0 Å². The first kappa shape index (κ1) is 14.1. The van der Waals surface area contributed by atoms with Crippen LogP contribution in [0.25, 0.3) is 0 Å². The Morgan fingerprint density at radius 1 is 1.41 bits per heavy atom. The van der Waals surface area contributed by atoms with Crippen molar-refractivity contribution in [2.75, 3.05) is 0 Å². The molecule has 1 aromatic carbocycles. The summed E-state index contributed by atoms with van der Waals surface area (Å²) in [7, 11) is 0. The van der Waals surface area contributed by atoms with Gasteiger partial charge in [0.25, 0.3) is 0 Å². The Balaban J connectivity index is 2.59. The van der Waals surface area contributed by atoms with Crippen LogP contribution in [0, 0.1) is 17.6 Å². The van der Waals surface area contributed by atoms with Gasteiger partial charge in [-0.1, -0.05) is 35.8 Å². The number of amides is 1. The molecule has 1 aromatic rings. The van der Waals surface area contributed by atoms with Gasteiger partial charge in [0.1, 0.15) is 11.6 Å². The fraction of sp³-hybridized carbons (Fsp3) is 0.417. The highest BCUT2D eigenvalue weighted by atomic mass is 79.9. The lowest BCUT2D eigenvalue weighted by Gasteiger charge is -2.14. The standard InChI is InChI=1S/C12H14BrF2NO/c1-7(2)11(13)12(17)16-6-8-3-4-9(14)5-10(8)15/h3-5,7,11H,6H2,1-2H3,(H,16,17). The lowest BCUT2D eigenvalue weighted by atomic mass is 10.1. The second-order valence-corrected chi connectivity index (χ2v) is 5.09. The molecule has 0 aliphatic carbocycles. The van der Waals surface area contributed by atoms with E-state index in [4.69, 9.17) is 0 Å². The average molecular weight is 306 g/mol. The van der Waals surface area contributed by atoms with Crippen LogP contribution in [0.5, 0.6) is 0 Å². The highest BCUT2D eigenvalue weighted by Gasteiger charge is 2.18. The molecule has 0 saturated carbocycles. The maximum absolute atomic E-state index is 13.3. The number of carbonyl (C=O) groups excluding carboxylic acids is 1. The van der Waals surface area contributed by atoms with Gasteiger partial charge in [-0.15, -0.1) is 0 Å². The zero-order valence-electron chi connectivity index (χ0n) is 9.64. The summed E-state index contributed by atoms with van der Waals surface area (Å²) in [5.74, 6) is -1.34. The first-order valence-electron chi connectivity index (χ1n) is 5.27. The van der Waals surface area contributed by atoms with Gasteiger partial charge in [0.2, 0.25) is 5.91 Å². The van der Waals surface area contributed by atoms with Crippen molar-refractivity contribution in [2.24, 2.45) is 5.92 Å². The van der Waals surface area contributed by atoms with Crippen molar-refractivity contribution in [3.63, 3.8) is 0 Å². The Bertz CT molecular complexity index is 409. The fourth-order valence-electron chi connectivity index (χ4n) is 1.25. The van der Waals surface area contributed by atoms with E-state index in [2.05, 4.69) is 21.2 Å². The fourth-order valence-corrected chi connectivity index (χ4v) is 1.41. The number of halogens is 3. The van der Waals surface area contributed by atoms with E-state index in [9.17, 15) is 13.6 Å². The minimum atomic E-state index is -0.652. The SMILES string of the molecule is CC(C)C(Br)C(=O)NCc1ccc(F)cc1F. The molecule has 2 nitrogen and oxygen atoms in total. The van der Waals surface area contributed by atoms with Crippen molar-refractivity contribution >= 4 is 21.8 Å². The summed E-state index contributed by atoms with van der Waals surface area (Å²) in [6, 6.07) is 3.29. The highest BCUT2D eigenvalue weighted by molar-refractivity contribution is 9.10. The molecular weight excluding hydrogens is 292 g/mol. The van der Waals surface area contributed by atoms with Gasteiger partial charge in [-0.25, -0.2) is 8.78 Å². The van der Waals surface area contributed by atoms with Gasteiger partial charge in [-0.05, 0) is 12.0 Å². The normalized spacial score (nSPS) is 12.6. The first-order chi connectivity index (χ1) is 7.91. The third-order valence-corrected chi connectivity index (χ3v) is 3.78. The largest absolute Gasteiger partial charge is 0.351 e. The van der Waals surface area contributed by atoms with Crippen molar-refractivity contribution in [2.45, 2.75) is 25.2 Å². The predicted octanol–water partition coefficient (Wildman–Crippen LogP) is 3.00. The van der Waals surface area contributed by atoms with Gasteiger partial charge in [-0.2, -0.15) is 0 Å². The first-order valence-corrected chi connectivity index (χ1v) is 6.19. The summed E-state index contributed by atoms with van der Waals surface area (Å²) in [5, 5.41) is 2.59. The average Bonchev–Trinajstić information content (AvgIpc) is 2.26. The van der Waals surface area contributed by atoms with Crippen LogP contribution in [0.4, 0.5) is 8.78 Å². The molecule has 17 heavy (non-hydrogen) atoms. The van der Waals surface area contributed by atoms with Crippen molar-refractivity contribution < 1.29 is 13.6 Å². The molecule has 0 aliphatic heterocycles. The minimum absolute atomic E-state index is 0.0553. The van der Waals surface area contributed by atoms with Crippen LogP contribution in [0.1, 0.15) is 19.4 Å². The summed E-state index contributed by atoms with van der Waals surface area (Å²) in [6.07, 6.45) is 0. The van der Waals surface area contributed by atoms with Gasteiger partial charge >= 0.3 is 0 Å². The molecule has 0 radical (unpaired) electrons. The third-order valence-electron chi connectivity index (χ3n) is 2.30. The monoisotopic (exact) mass is 305 g/mol. The molecular formula is C12H14BrF2NO. The van der Waals surface area contributed by atoms with Crippen molar-refractivity contribution in [1.82, 2.24) is 5.32 Å². The quantitative estimate of drug-likeness (QED) is 0.851. The van der Waals surface area contributed by atoms with Crippen molar-refractivity contribution in [3.8, 4) is 0 Å². The minimum Gasteiger partial charge on any atom is -0.351 e. The maximum atomic E-state index is 13.3. The van der Waals surface area contributed by atoms with Crippen LogP contribution < -0.4 is 5.32 Å². The van der Waals surface area contributed by atoms with Crippen LogP contribution in [0.3, 0.4) is 0 Å². The van der Waals surface area contributed by atoms with Crippen LogP contribution >= 0.6 is 15.9 Å². The van der Waals surface area contributed by atoms with Crippen molar-refractivity contribution in [3.05, 3.63) is 35.4 Å². The lowest BCUT2D eigenvalue weighted by molar-refractivity contribution is -0.121. The topological polar surface area (TPSA) is 29.1 Å². The molecule has 1 rings (SSSR count). The number of carbonyl (C=O) groups is 1. The van der Waals surface area contributed by atoms with E-state index >= 15 is 0 Å². The Morgan fingerprint density at radius 3 is 2.59 bits per heavy atom. The zero-order valence-corrected chi connectivity index (χ0v) is 11.2. The summed E-state index contributed by atoms with van der Waals surface area (Å²) in [6.45, 7) is 3.86. The lowest BCUT2D eigenvalue weighted by Crippen LogP contribution is -2.33. The molecule has 0 saturated heterocycles. The molecule has 0 bridgehead atoms. The third kappa shape index (κ3) is 4.07. The maximum Gasteiger partial charge on any atom is 0.234 e. The van der Waals surface area contributed by atoms with E-state index in [-0.39, 0.29) is 28.8 Å². The Hall–Kier alpha value is -0.970. The van der Waals surface area contributed by atoms with Gasteiger partial charge in [0.05, 0.1) is 4.83 Å². The van der Waals surface area contributed by atoms with Crippen LogP contribution in [-0.4, -0.2) is 10.7 Å². The number of benzene rings is 1. The van der Waals surface area contributed by atoms with Crippen LogP contribution in [0.15, 0.2) is 18.2 Å². The number of hydrogen-bond acceptors (Lipinski definition) is 1. The summed E-state index contributed by atoms with van der Waals surface area (Å²) in [5.41, 5.74) is 0.267. The molecule has 0 aliphatic rings. The Kier molecular flexibility index (Phi) is 5.05. The number of rotatable bonds is 4. The summed E-state index contributed by atoms with van der Waals surface area (Å²) >= 11 is 3.25.